The number of likely N-dealkylation sites (tertiary alicyclic amines) is 1. The van der Waals surface area contributed by atoms with Crippen LogP contribution in [0.5, 0.6) is 5.75 Å². The van der Waals surface area contributed by atoms with Crippen LogP contribution in [0.15, 0.2) is 18.2 Å². The van der Waals surface area contributed by atoms with Crippen molar-refractivity contribution in [3.63, 3.8) is 0 Å². The molecule has 2 amide bonds. The number of methoxy groups -OCH3 is 1. The number of urea groups is 1. The van der Waals surface area contributed by atoms with Crippen LogP contribution in [0.1, 0.15) is 18.4 Å². The number of aryl methyl sites for hydroxylation is 1. The maximum Gasteiger partial charge on any atom is 0.321 e. The fourth-order valence-corrected chi connectivity index (χ4v) is 3.58. The monoisotopic (exact) mass is 348 g/mol. The van der Waals surface area contributed by atoms with Crippen LogP contribution in [0.4, 0.5) is 10.5 Å². The van der Waals surface area contributed by atoms with E-state index in [1.54, 1.807) is 7.11 Å². The lowest BCUT2D eigenvalue weighted by atomic mass is 9.91. The van der Waals surface area contributed by atoms with E-state index in [0.717, 1.165) is 56.1 Å². The molecule has 0 aromatic heterocycles. The van der Waals surface area contributed by atoms with E-state index in [9.17, 15) is 4.79 Å². The zero-order chi connectivity index (χ0) is 17.6. The topological polar surface area (TPSA) is 60.0 Å². The van der Waals surface area contributed by atoms with Gasteiger partial charge >= 0.3 is 6.03 Å². The number of hydrogen-bond donors (Lipinski definition) is 1. The summed E-state index contributed by atoms with van der Waals surface area (Å²) < 4.78 is 16.1. The third-order valence-electron chi connectivity index (χ3n) is 5.14. The second-order valence-electron chi connectivity index (χ2n) is 6.87. The molecular formula is C19H28N2O4. The molecule has 2 saturated heterocycles. The quantitative estimate of drug-likeness (QED) is 0.803. The molecule has 0 aliphatic carbocycles. The van der Waals surface area contributed by atoms with Gasteiger partial charge in [-0.2, -0.15) is 0 Å². The molecule has 0 bridgehead atoms. The van der Waals surface area contributed by atoms with E-state index < -0.39 is 0 Å². The second-order valence-corrected chi connectivity index (χ2v) is 6.87. The van der Waals surface area contributed by atoms with Gasteiger partial charge in [-0.15, -0.1) is 0 Å². The lowest BCUT2D eigenvalue weighted by molar-refractivity contribution is 0.146. The number of benzene rings is 1. The number of hydrogen-bond acceptors (Lipinski definition) is 4. The number of carbonyl (C=O) groups excluding carboxylic acids is 1. The van der Waals surface area contributed by atoms with Gasteiger partial charge in [-0.05, 0) is 55.4 Å². The molecule has 2 atom stereocenters. The molecule has 25 heavy (non-hydrogen) atoms. The van der Waals surface area contributed by atoms with E-state index in [0.29, 0.717) is 25.0 Å². The van der Waals surface area contributed by atoms with Gasteiger partial charge in [0.05, 0.1) is 6.61 Å². The van der Waals surface area contributed by atoms with Gasteiger partial charge in [-0.1, -0.05) is 0 Å². The normalized spacial score (nSPS) is 23.0. The van der Waals surface area contributed by atoms with Crippen LogP contribution in [0.2, 0.25) is 0 Å². The summed E-state index contributed by atoms with van der Waals surface area (Å²) in [6, 6.07) is 5.69. The zero-order valence-electron chi connectivity index (χ0n) is 15.1. The fraction of sp³-hybridized carbons (Fsp3) is 0.632. The molecule has 1 aromatic carbocycles. The van der Waals surface area contributed by atoms with Crippen LogP contribution in [0, 0.1) is 18.8 Å². The Balaban J connectivity index is 1.52. The van der Waals surface area contributed by atoms with Crippen molar-refractivity contribution in [2.45, 2.75) is 19.8 Å². The molecule has 2 heterocycles. The summed E-state index contributed by atoms with van der Waals surface area (Å²) in [6.07, 6.45) is 2.20. The van der Waals surface area contributed by atoms with Crippen LogP contribution in [-0.4, -0.2) is 57.6 Å². The molecule has 6 nitrogen and oxygen atoms in total. The van der Waals surface area contributed by atoms with Crippen molar-refractivity contribution < 1.29 is 19.0 Å². The van der Waals surface area contributed by atoms with Gasteiger partial charge in [-0.3, -0.25) is 0 Å². The molecule has 0 unspecified atom stereocenters. The molecule has 0 radical (unpaired) electrons. The predicted octanol–water partition coefficient (Wildman–Crippen LogP) is 2.91. The summed E-state index contributed by atoms with van der Waals surface area (Å²) in [5.41, 5.74) is 1.82. The van der Waals surface area contributed by atoms with Crippen LogP contribution >= 0.6 is 0 Å². The van der Waals surface area contributed by atoms with E-state index in [1.807, 2.05) is 30.0 Å². The van der Waals surface area contributed by atoms with Gasteiger partial charge in [-0.25, -0.2) is 4.79 Å². The highest BCUT2D eigenvalue weighted by molar-refractivity contribution is 5.90. The van der Waals surface area contributed by atoms with Crippen molar-refractivity contribution in [1.29, 1.82) is 0 Å². The van der Waals surface area contributed by atoms with Crippen molar-refractivity contribution in [2.24, 2.45) is 11.8 Å². The molecule has 0 spiro atoms. The van der Waals surface area contributed by atoms with E-state index >= 15 is 0 Å². The van der Waals surface area contributed by atoms with E-state index in [4.69, 9.17) is 14.2 Å². The van der Waals surface area contributed by atoms with Crippen LogP contribution in [0.3, 0.4) is 0 Å². The lowest BCUT2D eigenvalue weighted by Crippen LogP contribution is -2.34. The third-order valence-corrected chi connectivity index (χ3v) is 5.14. The molecule has 0 saturated carbocycles. The molecule has 1 aromatic rings. The van der Waals surface area contributed by atoms with E-state index in [1.165, 1.54) is 0 Å². The van der Waals surface area contributed by atoms with Crippen molar-refractivity contribution in [2.75, 3.05) is 51.9 Å². The average Bonchev–Trinajstić information content (AvgIpc) is 3.28. The smallest absolute Gasteiger partial charge is 0.321 e. The number of ether oxygens (including phenoxy) is 3. The largest absolute Gasteiger partial charge is 0.491 e. The van der Waals surface area contributed by atoms with Gasteiger partial charge in [0.15, 0.2) is 0 Å². The Morgan fingerprint density at radius 2 is 2.20 bits per heavy atom. The number of nitrogens with zero attached hydrogens (tertiary/aromatic N) is 1. The van der Waals surface area contributed by atoms with Crippen molar-refractivity contribution in [1.82, 2.24) is 4.90 Å². The summed E-state index contributed by atoms with van der Waals surface area (Å²) in [6.45, 7) is 6.42. The fourth-order valence-electron chi connectivity index (χ4n) is 3.58. The number of anilines is 1. The summed E-state index contributed by atoms with van der Waals surface area (Å²) in [7, 11) is 1.65. The molecule has 138 valence electrons. The molecule has 2 aliphatic rings. The summed E-state index contributed by atoms with van der Waals surface area (Å²) in [5.74, 6) is 1.98. The Hall–Kier alpha value is -1.79. The summed E-state index contributed by atoms with van der Waals surface area (Å²) in [5, 5.41) is 3.03. The highest BCUT2D eigenvalue weighted by Gasteiger charge is 2.33. The SMILES string of the molecule is COCCOc1ccc(NC(=O)N2CC[C@@H]([C@@H]3CCOC3)C2)c(C)c1. The first-order chi connectivity index (χ1) is 12.2. The molecule has 6 heteroatoms. The molecule has 3 rings (SSSR count). The predicted molar refractivity (Wildman–Crippen MR) is 96.2 cm³/mol. The van der Waals surface area contributed by atoms with Crippen LogP contribution < -0.4 is 10.1 Å². The van der Waals surface area contributed by atoms with Crippen molar-refractivity contribution in [3.8, 4) is 5.75 Å². The van der Waals surface area contributed by atoms with Gasteiger partial charge in [0, 0.05) is 39.1 Å². The molecular weight excluding hydrogens is 320 g/mol. The first kappa shape index (κ1) is 18.0. The Labute approximate surface area is 149 Å². The zero-order valence-corrected chi connectivity index (χ0v) is 15.1. The average molecular weight is 348 g/mol. The van der Waals surface area contributed by atoms with Crippen molar-refractivity contribution >= 4 is 11.7 Å². The third kappa shape index (κ3) is 4.64. The highest BCUT2D eigenvalue weighted by atomic mass is 16.5. The number of carbonyl (C=O) groups is 1. The van der Waals surface area contributed by atoms with E-state index in [-0.39, 0.29) is 6.03 Å². The molecule has 1 N–H and O–H groups in total. The van der Waals surface area contributed by atoms with Gasteiger partial charge in [0.2, 0.25) is 0 Å². The first-order valence-electron chi connectivity index (χ1n) is 9.03. The minimum absolute atomic E-state index is 0.0161. The maximum atomic E-state index is 12.6. The number of amides is 2. The first-order valence-corrected chi connectivity index (χ1v) is 9.03. The number of rotatable bonds is 6. The van der Waals surface area contributed by atoms with Gasteiger partial charge in [0.1, 0.15) is 12.4 Å². The Morgan fingerprint density at radius 1 is 1.32 bits per heavy atom. The molecule has 2 fully saturated rings. The van der Waals surface area contributed by atoms with Crippen LogP contribution in [-0.2, 0) is 9.47 Å². The maximum absolute atomic E-state index is 12.6. The Morgan fingerprint density at radius 3 is 2.92 bits per heavy atom. The second kappa shape index (κ2) is 8.54. The van der Waals surface area contributed by atoms with Crippen molar-refractivity contribution in [3.05, 3.63) is 23.8 Å². The van der Waals surface area contributed by atoms with Gasteiger partial charge < -0.3 is 24.4 Å². The minimum Gasteiger partial charge on any atom is -0.491 e. The lowest BCUT2D eigenvalue weighted by Gasteiger charge is -2.20. The molecule has 2 aliphatic heterocycles. The summed E-state index contributed by atoms with van der Waals surface area (Å²) in [4.78, 5) is 14.5. The van der Waals surface area contributed by atoms with E-state index in [2.05, 4.69) is 5.32 Å². The standard InChI is InChI=1S/C19H28N2O4/c1-14-11-17(25-10-9-23-2)3-4-18(14)20-19(22)21-7-5-15(12-21)16-6-8-24-13-16/h3-4,11,15-16H,5-10,12-13H2,1-2H3,(H,20,22)/t15-,16-/m1/s1. The highest BCUT2D eigenvalue weighted by Crippen LogP contribution is 2.30. The van der Waals surface area contributed by atoms with Gasteiger partial charge in [0.25, 0.3) is 0 Å². The number of nitrogens with one attached hydrogen (secondary N) is 1. The Bertz CT molecular complexity index is 587. The Kier molecular flexibility index (Phi) is 6.15. The summed E-state index contributed by atoms with van der Waals surface area (Å²) >= 11 is 0. The van der Waals surface area contributed by atoms with Crippen LogP contribution in [0.25, 0.3) is 0 Å². The minimum atomic E-state index is -0.0161.